The summed E-state index contributed by atoms with van der Waals surface area (Å²) < 4.78 is 30.5. The lowest BCUT2D eigenvalue weighted by Crippen LogP contribution is -2.17. The van der Waals surface area contributed by atoms with Crippen LogP contribution in [0.2, 0.25) is 0 Å². The minimum Gasteiger partial charge on any atom is -0.464 e. The molecule has 0 bridgehead atoms. The maximum Gasteiger partial charge on any atom is 0.382 e. The van der Waals surface area contributed by atoms with Gasteiger partial charge in [-0.05, 0) is 32.4 Å². The number of carbonyl (C=O) groups excluding carboxylic acids is 1. The van der Waals surface area contributed by atoms with E-state index in [1.165, 1.54) is 10.9 Å². The van der Waals surface area contributed by atoms with Crippen LogP contribution in [0.5, 0.6) is 0 Å². The van der Waals surface area contributed by atoms with Gasteiger partial charge in [0.15, 0.2) is 5.44 Å². The maximum atomic E-state index is 13.1. The van der Waals surface area contributed by atoms with Gasteiger partial charge in [-0.1, -0.05) is 0 Å². The fourth-order valence-electron chi connectivity index (χ4n) is 2.57. The number of fused-ring (bicyclic) bond motifs is 1. The van der Waals surface area contributed by atoms with E-state index in [1.807, 2.05) is 0 Å². The third-order valence-electron chi connectivity index (χ3n) is 3.40. The fraction of sp³-hybridized carbons (Fsp3) is 0.429. The van der Waals surface area contributed by atoms with Crippen LogP contribution in [-0.4, -0.2) is 28.9 Å². The summed E-state index contributed by atoms with van der Waals surface area (Å²) in [4.78, 5) is 11.9. The van der Waals surface area contributed by atoms with Crippen molar-refractivity contribution in [1.82, 2.24) is 9.78 Å². The van der Waals surface area contributed by atoms with Crippen molar-refractivity contribution in [2.24, 2.45) is 0 Å². The van der Waals surface area contributed by atoms with E-state index in [1.54, 1.807) is 26.0 Å². The summed E-state index contributed by atoms with van der Waals surface area (Å²) in [6, 6.07) is 3.47. The highest BCUT2D eigenvalue weighted by Gasteiger charge is 2.40. The molecule has 3 rings (SSSR count). The third-order valence-corrected chi connectivity index (χ3v) is 5.43. The molecule has 8 heteroatoms. The number of aromatic nitrogens is 2. The Morgan fingerprint density at radius 3 is 2.64 bits per heavy atom. The molecule has 0 spiro atoms. The molecule has 0 fully saturated rings. The SMILES string of the molecule is CCOP(=O)(OCC)c1nn2c(c1-c1ccco1)CCC2=O. The van der Waals surface area contributed by atoms with Gasteiger partial charge in [-0.2, -0.15) is 5.10 Å². The zero-order chi connectivity index (χ0) is 15.7. The molecule has 0 unspecified atom stereocenters. The summed E-state index contributed by atoms with van der Waals surface area (Å²) in [7, 11) is -3.61. The largest absolute Gasteiger partial charge is 0.464 e. The second-order valence-electron chi connectivity index (χ2n) is 4.76. The van der Waals surface area contributed by atoms with Crippen LogP contribution in [-0.2, 0) is 20.0 Å². The molecule has 0 aromatic carbocycles. The third kappa shape index (κ3) is 2.35. The van der Waals surface area contributed by atoms with Gasteiger partial charge in [0.05, 0.1) is 30.7 Å². The number of furan rings is 1. The Hall–Kier alpha value is -1.69. The molecule has 0 atom stereocenters. The van der Waals surface area contributed by atoms with Crippen molar-refractivity contribution in [3.8, 4) is 11.3 Å². The number of rotatable bonds is 6. The molecular formula is C14H17N2O5P. The van der Waals surface area contributed by atoms with Crippen LogP contribution in [0.15, 0.2) is 22.8 Å². The quantitative estimate of drug-likeness (QED) is 0.760. The average Bonchev–Trinajstić information content (AvgIpc) is 3.17. The first-order valence-electron chi connectivity index (χ1n) is 7.19. The Morgan fingerprint density at radius 1 is 1.32 bits per heavy atom. The van der Waals surface area contributed by atoms with Crippen molar-refractivity contribution in [3.05, 3.63) is 24.1 Å². The topological polar surface area (TPSA) is 83.6 Å². The lowest BCUT2D eigenvalue weighted by Gasteiger charge is -2.16. The van der Waals surface area contributed by atoms with Crippen molar-refractivity contribution in [1.29, 1.82) is 0 Å². The number of nitrogens with zero attached hydrogens (tertiary/aromatic N) is 2. The molecule has 1 aliphatic heterocycles. The molecular weight excluding hydrogens is 307 g/mol. The fourth-order valence-corrected chi connectivity index (χ4v) is 4.28. The van der Waals surface area contributed by atoms with Gasteiger partial charge in [0.25, 0.3) is 0 Å². The van der Waals surface area contributed by atoms with Gasteiger partial charge < -0.3 is 13.5 Å². The summed E-state index contributed by atoms with van der Waals surface area (Å²) in [6.07, 6.45) is 2.43. The molecule has 0 radical (unpaired) electrons. The van der Waals surface area contributed by atoms with E-state index in [4.69, 9.17) is 13.5 Å². The van der Waals surface area contributed by atoms with E-state index >= 15 is 0 Å². The molecule has 0 N–H and O–H groups in total. The molecule has 7 nitrogen and oxygen atoms in total. The Bertz CT molecular complexity index is 725. The predicted octanol–water partition coefficient (Wildman–Crippen LogP) is 2.62. The Balaban J connectivity index is 2.21. The van der Waals surface area contributed by atoms with Crippen LogP contribution in [0.3, 0.4) is 0 Å². The summed E-state index contributed by atoms with van der Waals surface area (Å²) in [5.41, 5.74) is 1.38. The molecule has 0 amide bonds. The van der Waals surface area contributed by atoms with E-state index in [9.17, 15) is 9.36 Å². The highest BCUT2D eigenvalue weighted by molar-refractivity contribution is 7.62. The van der Waals surface area contributed by atoms with Crippen LogP contribution in [0.4, 0.5) is 0 Å². The summed E-state index contributed by atoms with van der Waals surface area (Å²) in [5.74, 6) is 0.374. The van der Waals surface area contributed by atoms with E-state index in [0.29, 0.717) is 29.9 Å². The van der Waals surface area contributed by atoms with Crippen molar-refractivity contribution in [2.75, 3.05) is 13.2 Å². The Morgan fingerprint density at radius 2 is 2.05 bits per heavy atom. The lowest BCUT2D eigenvalue weighted by molar-refractivity contribution is 0.0910. The number of hydrogen-bond acceptors (Lipinski definition) is 6. The molecule has 118 valence electrons. The van der Waals surface area contributed by atoms with Crippen LogP contribution in [0.25, 0.3) is 11.3 Å². The number of hydrogen-bond donors (Lipinski definition) is 0. The normalized spacial score (nSPS) is 14.5. The zero-order valence-corrected chi connectivity index (χ0v) is 13.3. The number of carbonyl (C=O) groups is 1. The van der Waals surface area contributed by atoms with Crippen LogP contribution >= 0.6 is 7.60 Å². The molecule has 3 heterocycles. The van der Waals surface area contributed by atoms with Crippen LogP contribution in [0, 0.1) is 0 Å². The first kappa shape index (κ1) is 15.2. The summed E-state index contributed by atoms with van der Waals surface area (Å²) >= 11 is 0. The van der Waals surface area contributed by atoms with Crippen molar-refractivity contribution in [2.45, 2.75) is 26.7 Å². The van der Waals surface area contributed by atoms with E-state index < -0.39 is 7.60 Å². The maximum absolute atomic E-state index is 13.1. The van der Waals surface area contributed by atoms with Crippen LogP contribution in [0.1, 0.15) is 30.8 Å². The molecule has 2 aromatic rings. The minimum atomic E-state index is -3.61. The smallest absolute Gasteiger partial charge is 0.382 e. The van der Waals surface area contributed by atoms with Gasteiger partial charge in [-0.25, -0.2) is 4.68 Å². The molecule has 0 saturated heterocycles. The van der Waals surface area contributed by atoms with Gasteiger partial charge in [-0.3, -0.25) is 9.36 Å². The zero-order valence-electron chi connectivity index (χ0n) is 12.4. The van der Waals surface area contributed by atoms with Crippen LogP contribution < -0.4 is 5.44 Å². The van der Waals surface area contributed by atoms with Gasteiger partial charge in [0.1, 0.15) is 5.76 Å². The predicted molar refractivity (Wildman–Crippen MR) is 79.4 cm³/mol. The Kier molecular flexibility index (Phi) is 4.04. The standard InChI is InChI=1S/C14H17N2O5P/c1-3-20-22(18,21-4-2)14-13(11-6-5-9-19-11)10-7-8-12(17)16(10)15-14/h5-6,9H,3-4,7-8H2,1-2H3. The van der Waals surface area contributed by atoms with E-state index in [2.05, 4.69) is 5.10 Å². The molecule has 22 heavy (non-hydrogen) atoms. The lowest BCUT2D eigenvalue weighted by atomic mass is 10.1. The highest BCUT2D eigenvalue weighted by Crippen LogP contribution is 2.50. The van der Waals surface area contributed by atoms with Gasteiger partial charge in [0.2, 0.25) is 5.91 Å². The monoisotopic (exact) mass is 324 g/mol. The van der Waals surface area contributed by atoms with Gasteiger partial charge >= 0.3 is 7.60 Å². The second kappa shape index (κ2) is 5.83. The van der Waals surface area contributed by atoms with Gasteiger partial charge in [-0.15, -0.1) is 0 Å². The van der Waals surface area contributed by atoms with Crippen molar-refractivity contribution >= 4 is 18.9 Å². The second-order valence-corrected chi connectivity index (χ2v) is 6.70. The first-order chi connectivity index (χ1) is 10.6. The average molecular weight is 324 g/mol. The first-order valence-corrected chi connectivity index (χ1v) is 8.73. The van der Waals surface area contributed by atoms with Crippen molar-refractivity contribution in [3.63, 3.8) is 0 Å². The Labute approximate surface area is 127 Å². The molecule has 2 aromatic heterocycles. The van der Waals surface area contributed by atoms with Gasteiger partial charge in [0, 0.05) is 6.42 Å². The molecule has 0 aliphatic carbocycles. The van der Waals surface area contributed by atoms with E-state index in [-0.39, 0.29) is 24.6 Å². The molecule has 0 saturated carbocycles. The summed E-state index contributed by atoms with van der Waals surface area (Å²) in [6.45, 7) is 3.89. The van der Waals surface area contributed by atoms with E-state index in [0.717, 1.165) is 0 Å². The summed E-state index contributed by atoms with van der Waals surface area (Å²) in [5, 5.41) is 4.23. The minimum absolute atomic E-state index is 0.131. The van der Waals surface area contributed by atoms with Crippen molar-refractivity contribution < 1.29 is 22.8 Å². The molecule has 1 aliphatic rings. The highest BCUT2D eigenvalue weighted by atomic mass is 31.2.